The summed E-state index contributed by atoms with van der Waals surface area (Å²) in [5.74, 6) is 0. The fourth-order valence-corrected chi connectivity index (χ4v) is 4.94. The average Bonchev–Trinajstić information content (AvgIpc) is 3.20. The Morgan fingerprint density at radius 3 is 2.43 bits per heavy atom. The molecule has 1 aromatic carbocycles. The maximum Gasteiger partial charge on any atom is 0.170 e. The molecule has 0 spiro atoms. The molecule has 30 heavy (non-hydrogen) atoms. The highest BCUT2D eigenvalue weighted by molar-refractivity contribution is 7.80. The Kier molecular flexibility index (Phi) is 5.88. The van der Waals surface area contributed by atoms with Crippen molar-refractivity contribution in [2.75, 3.05) is 13.2 Å². The Bertz CT molecular complexity index is 1030. The van der Waals surface area contributed by atoms with Gasteiger partial charge in [-0.2, -0.15) is 0 Å². The number of aromatic nitrogens is 2. The van der Waals surface area contributed by atoms with Gasteiger partial charge in [0.25, 0.3) is 0 Å². The second-order valence-corrected chi connectivity index (χ2v) is 8.16. The number of aliphatic hydroxyl groups excluding tert-OH is 1. The van der Waals surface area contributed by atoms with Crippen LogP contribution in [0.2, 0.25) is 0 Å². The predicted molar refractivity (Wildman–Crippen MR) is 124 cm³/mol. The number of pyridine rings is 1. The van der Waals surface area contributed by atoms with Gasteiger partial charge in [0, 0.05) is 42.0 Å². The lowest BCUT2D eigenvalue weighted by atomic mass is 9.93. The molecule has 3 heterocycles. The summed E-state index contributed by atoms with van der Waals surface area (Å²) in [7, 11) is 0. The van der Waals surface area contributed by atoms with E-state index in [1.54, 1.807) is 0 Å². The van der Waals surface area contributed by atoms with Crippen LogP contribution in [0.1, 0.15) is 46.7 Å². The fourth-order valence-electron chi connectivity index (χ4n) is 4.61. The van der Waals surface area contributed by atoms with E-state index < -0.39 is 0 Å². The first-order valence-electron chi connectivity index (χ1n) is 10.4. The summed E-state index contributed by atoms with van der Waals surface area (Å²) in [6, 6.07) is 16.4. The summed E-state index contributed by atoms with van der Waals surface area (Å²) in [5.41, 5.74) is 7.11. The molecule has 4 rings (SSSR count). The van der Waals surface area contributed by atoms with Crippen LogP contribution >= 0.6 is 12.2 Å². The van der Waals surface area contributed by atoms with Crippen molar-refractivity contribution in [3.05, 3.63) is 82.9 Å². The van der Waals surface area contributed by atoms with E-state index in [0.717, 1.165) is 11.4 Å². The fraction of sp³-hybridized carbons (Fsp3) is 0.333. The van der Waals surface area contributed by atoms with Crippen molar-refractivity contribution in [3.8, 4) is 5.69 Å². The molecule has 2 aromatic heterocycles. The Labute approximate surface area is 183 Å². The van der Waals surface area contributed by atoms with E-state index in [1.165, 1.54) is 22.5 Å². The molecule has 156 valence electrons. The number of benzene rings is 1. The third-order valence-electron chi connectivity index (χ3n) is 6.07. The molecule has 1 aliphatic rings. The normalized spacial score (nSPS) is 18.7. The van der Waals surface area contributed by atoms with Crippen LogP contribution in [0.25, 0.3) is 5.69 Å². The van der Waals surface area contributed by atoms with Crippen molar-refractivity contribution in [1.82, 2.24) is 19.8 Å². The molecule has 0 radical (unpaired) electrons. The minimum Gasteiger partial charge on any atom is -0.396 e. The standard InChI is InChI=1S/C24H28N4OS/c1-16-17(2)28(19-10-5-4-6-11-19)18(3)21(16)23-22(20-12-7-8-13-25-20)26-24(30)27(23)14-9-15-29/h4-8,10-13,22-23,29H,9,14-15H2,1-3H3,(H,26,30)/t22-,23+/m0/s1. The number of aliphatic hydroxyl groups is 1. The van der Waals surface area contributed by atoms with Gasteiger partial charge in [-0.1, -0.05) is 24.3 Å². The van der Waals surface area contributed by atoms with Gasteiger partial charge in [0.2, 0.25) is 0 Å². The molecule has 0 aliphatic carbocycles. The summed E-state index contributed by atoms with van der Waals surface area (Å²) < 4.78 is 2.33. The Hall–Kier alpha value is -2.70. The Morgan fingerprint density at radius 2 is 1.77 bits per heavy atom. The average molecular weight is 421 g/mol. The van der Waals surface area contributed by atoms with E-state index in [1.807, 2.05) is 24.4 Å². The van der Waals surface area contributed by atoms with Crippen LogP contribution in [0.15, 0.2) is 54.7 Å². The molecule has 0 saturated carbocycles. The molecule has 2 N–H and O–H groups in total. The van der Waals surface area contributed by atoms with Crippen molar-refractivity contribution in [1.29, 1.82) is 0 Å². The van der Waals surface area contributed by atoms with Crippen LogP contribution in [0.3, 0.4) is 0 Å². The summed E-state index contributed by atoms with van der Waals surface area (Å²) in [6.07, 6.45) is 2.50. The summed E-state index contributed by atoms with van der Waals surface area (Å²) in [5, 5.41) is 13.7. The van der Waals surface area contributed by atoms with Gasteiger partial charge < -0.3 is 19.9 Å². The molecule has 1 saturated heterocycles. The van der Waals surface area contributed by atoms with Crippen LogP contribution in [0.5, 0.6) is 0 Å². The monoisotopic (exact) mass is 420 g/mol. The summed E-state index contributed by atoms with van der Waals surface area (Å²) in [4.78, 5) is 6.84. The first kappa shape index (κ1) is 20.6. The first-order chi connectivity index (χ1) is 14.5. The quantitative estimate of drug-likeness (QED) is 0.587. The van der Waals surface area contributed by atoms with E-state index in [4.69, 9.17) is 12.2 Å². The van der Waals surface area contributed by atoms with Gasteiger partial charge in [0.1, 0.15) is 0 Å². The van der Waals surface area contributed by atoms with Crippen molar-refractivity contribution < 1.29 is 5.11 Å². The second kappa shape index (κ2) is 8.58. The van der Waals surface area contributed by atoms with Gasteiger partial charge in [-0.15, -0.1) is 0 Å². The minimum atomic E-state index is -0.0409. The van der Waals surface area contributed by atoms with Gasteiger partial charge in [0.05, 0.1) is 17.8 Å². The van der Waals surface area contributed by atoms with E-state index in [2.05, 4.69) is 70.9 Å². The summed E-state index contributed by atoms with van der Waals surface area (Å²) >= 11 is 5.73. The number of thiocarbonyl (C=S) groups is 1. The first-order valence-corrected chi connectivity index (χ1v) is 10.8. The molecular formula is C24H28N4OS. The zero-order chi connectivity index (χ0) is 21.3. The molecule has 6 heteroatoms. The zero-order valence-corrected chi connectivity index (χ0v) is 18.5. The van der Waals surface area contributed by atoms with E-state index in [9.17, 15) is 5.11 Å². The molecule has 1 fully saturated rings. The van der Waals surface area contributed by atoms with Crippen LogP contribution in [-0.4, -0.2) is 37.8 Å². The number of para-hydroxylation sites is 1. The van der Waals surface area contributed by atoms with Gasteiger partial charge in [-0.05, 0) is 69.2 Å². The number of rotatable bonds is 6. The lowest BCUT2D eigenvalue weighted by Gasteiger charge is -2.28. The molecule has 2 atom stereocenters. The topological polar surface area (TPSA) is 53.3 Å². The van der Waals surface area contributed by atoms with E-state index >= 15 is 0 Å². The third-order valence-corrected chi connectivity index (χ3v) is 6.42. The van der Waals surface area contributed by atoms with Crippen molar-refractivity contribution in [2.45, 2.75) is 39.3 Å². The van der Waals surface area contributed by atoms with Gasteiger partial charge >= 0.3 is 0 Å². The van der Waals surface area contributed by atoms with Gasteiger partial charge in [-0.3, -0.25) is 4.98 Å². The zero-order valence-electron chi connectivity index (χ0n) is 17.7. The third kappa shape index (κ3) is 3.50. The van der Waals surface area contributed by atoms with Crippen molar-refractivity contribution >= 4 is 17.3 Å². The lowest BCUT2D eigenvalue weighted by Crippen LogP contribution is -2.31. The van der Waals surface area contributed by atoms with Gasteiger partial charge in [0.15, 0.2) is 5.11 Å². The number of nitrogens with one attached hydrogen (secondary N) is 1. The molecule has 3 aromatic rings. The molecule has 0 bridgehead atoms. The lowest BCUT2D eigenvalue weighted by molar-refractivity contribution is 0.247. The molecule has 0 unspecified atom stereocenters. The molecule has 5 nitrogen and oxygen atoms in total. The van der Waals surface area contributed by atoms with Crippen LogP contribution in [0.4, 0.5) is 0 Å². The summed E-state index contributed by atoms with van der Waals surface area (Å²) in [6.45, 7) is 7.39. The number of nitrogens with zero attached hydrogens (tertiary/aromatic N) is 3. The smallest absolute Gasteiger partial charge is 0.170 e. The Morgan fingerprint density at radius 1 is 1.03 bits per heavy atom. The van der Waals surface area contributed by atoms with Crippen LogP contribution < -0.4 is 5.32 Å². The SMILES string of the molecule is Cc1c([C@@H]2[C@H](c3ccccn3)NC(=S)N2CCCO)c(C)n(-c2ccccc2)c1C. The largest absolute Gasteiger partial charge is 0.396 e. The van der Waals surface area contributed by atoms with Crippen LogP contribution in [-0.2, 0) is 0 Å². The molecule has 0 amide bonds. The number of hydrogen-bond donors (Lipinski definition) is 2. The van der Waals surface area contributed by atoms with Crippen LogP contribution in [0, 0.1) is 20.8 Å². The van der Waals surface area contributed by atoms with Crippen molar-refractivity contribution in [3.63, 3.8) is 0 Å². The maximum absolute atomic E-state index is 9.45. The van der Waals surface area contributed by atoms with E-state index in [0.29, 0.717) is 18.1 Å². The molecule has 1 aliphatic heterocycles. The highest BCUT2D eigenvalue weighted by Gasteiger charge is 2.42. The minimum absolute atomic E-state index is 0.0163. The highest BCUT2D eigenvalue weighted by atomic mass is 32.1. The van der Waals surface area contributed by atoms with Crippen molar-refractivity contribution in [2.24, 2.45) is 0 Å². The maximum atomic E-state index is 9.45. The molecular weight excluding hydrogens is 392 g/mol. The number of hydrogen-bond acceptors (Lipinski definition) is 3. The second-order valence-electron chi connectivity index (χ2n) is 7.78. The van der Waals surface area contributed by atoms with Gasteiger partial charge in [-0.25, -0.2) is 0 Å². The van der Waals surface area contributed by atoms with E-state index in [-0.39, 0.29) is 18.7 Å². The predicted octanol–water partition coefficient (Wildman–Crippen LogP) is 4.15. The highest BCUT2D eigenvalue weighted by Crippen LogP contribution is 2.43. The Balaban J connectivity index is 1.87.